The third kappa shape index (κ3) is 1.76. The second-order valence-corrected chi connectivity index (χ2v) is 3.47. The van der Waals surface area contributed by atoms with Crippen molar-refractivity contribution in [2.75, 3.05) is 0 Å². The topological polar surface area (TPSA) is 52.9 Å². The molecular formula is C9H14N2O. The SMILES string of the molecule is CCC1(NC(=O)C(C)C#N)CC1. The number of rotatable bonds is 3. The zero-order valence-corrected chi connectivity index (χ0v) is 7.55. The van der Waals surface area contributed by atoms with Crippen LogP contribution < -0.4 is 5.32 Å². The Balaban J connectivity index is 2.42. The lowest BCUT2D eigenvalue weighted by atomic mass is 10.1. The monoisotopic (exact) mass is 166 g/mol. The summed E-state index contributed by atoms with van der Waals surface area (Å²) in [4.78, 5) is 11.3. The third-order valence-electron chi connectivity index (χ3n) is 2.51. The molecule has 0 aromatic heterocycles. The minimum absolute atomic E-state index is 0.0438. The number of hydrogen-bond donors (Lipinski definition) is 1. The summed E-state index contributed by atoms with van der Waals surface area (Å²) in [6.07, 6.45) is 3.09. The number of nitrogens with zero attached hydrogens (tertiary/aromatic N) is 1. The van der Waals surface area contributed by atoms with Crippen molar-refractivity contribution in [1.82, 2.24) is 5.32 Å². The Bertz CT molecular complexity index is 225. The molecule has 1 aliphatic carbocycles. The summed E-state index contributed by atoms with van der Waals surface area (Å²) in [7, 11) is 0. The molecule has 0 bridgehead atoms. The molecule has 1 unspecified atom stereocenters. The van der Waals surface area contributed by atoms with E-state index < -0.39 is 5.92 Å². The van der Waals surface area contributed by atoms with Gasteiger partial charge in [-0.05, 0) is 26.2 Å². The van der Waals surface area contributed by atoms with Gasteiger partial charge in [0.05, 0.1) is 6.07 Å². The van der Waals surface area contributed by atoms with Crippen LogP contribution in [0, 0.1) is 17.2 Å². The zero-order chi connectivity index (χ0) is 9.19. The Hall–Kier alpha value is -1.04. The summed E-state index contributed by atoms with van der Waals surface area (Å²) in [6, 6.07) is 1.93. The van der Waals surface area contributed by atoms with E-state index in [9.17, 15) is 4.79 Å². The molecule has 1 rings (SSSR count). The molecule has 0 radical (unpaired) electrons. The lowest BCUT2D eigenvalue weighted by molar-refractivity contribution is -0.123. The van der Waals surface area contributed by atoms with Crippen molar-refractivity contribution in [2.45, 2.75) is 38.6 Å². The van der Waals surface area contributed by atoms with Crippen LogP contribution in [0.4, 0.5) is 0 Å². The molecule has 1 aliphatic rings. The van der Waals surface area contributed by atoms with E-state index in [4.69, 9.17) is 5.26 Å². The summed E-state index contributed by atoms with van der Waals surface area (Å²) >= 11 is 0. The van der Waals surface area contributed by atoms with Gasteiger partial charge in [-0.3, -0.25) is 4.79 Å². The van der Waals surface area contributed by atoms with Crippen molar-refractivity contribution in [3.05, 3.63) is 0 Å². The van der Waals surface area contributed by atoms with Gasteiger partial charge in [0.25, 0.3) is 0 Å². The molecule has 0 aliphatic heterocycles. The first kappa shape index (κ1) is 9.05. The highest BCUT2D eigenvalue weighted by Crippen LogP contribution is 2.38. The summed E-state index contributed by atoms with van der Waals surface area (Å²) in [5, 5.41) is 11.4. The smallest absolute Gasteiger partial charge is 0.237 e. The molecule has 12 heavy (non-hydrogen) atoms. The van der Waals surface area contributed by atoms with Gasteiger partial charge in [0.1, 0.15) is 5.92 Å². The van der Waals surface area contributed by atoms with Crippen molar-refractivity contribution in [3.8, 4) is 6.07 Å². The van der Waals surface area contributed by atoms with E-state index in [0.29, 0.717) is 0 Å². The quantitative estimate of drug-likeness (QED) is 0.685. The van der Waals surface area contributed by atoms with E-state index in [1.54, 1.807) is 6.92 Å². The Morgan fingerprint density at radius 1 is 1.75 bits per heavy atom. The van der Waals surface area contributed by atoms with E-state index in [1.807, 2.05) is 6.07 Å². The molecule has 1 saturated carbocycles. The lowest BCUT2D eigenvalue weighted by Gasteiger charge is -2.15. The minimum atomic E-state index is -0.519. The molecule has 0 aromatic carbocycles. The van der Waals surface area contributed by atoms with Gasteiger partial charge in [-0.25, -0.2) is 0 Å². The Kier molecular flexibility index (Phi) is 2.37. The highest BCUT2D eigenvalue weighted by atomic mass is 16.2. The molecular weight excluding hydrogens is 152 g/mol. The average Bonchev–Trinajstić information content (AvgIpc) is 2.84. The number of carbonyl (C=O) groups is 1. The molecule has 1 amide bonds. The first-order valence-corrected chi connectivity index (χ1v) is 4.35. The number of carbonyl (C=O) groups excluding carboxylic acids is 1. The second-order valence-electron chi connectivity index (χ2n) is 3.47. The number of hydrogen-bond acceptors (Lipinski definition) is 2. The Morgan fingerprint density at radius 2 is 2.33 bits per heavy atom. The van der Waals surface area contributed by atoms with Crippen LogP contribution in [0.1, 0.15) is 33.1 Å². The van der Waals surface area contributed by atoms with Crippen molar-refractivity contribution in [1.29, 1.82) is 5.26 Å². The van der Waals surface area contributed by atoms with Crippen LogP contribution >= 0.6 is 0 Å². The van der Waals surface area contributed by atoms with Crippen molar-refractivity contribution in [2.24, 2.45) is 5.92 Å². The van der Waals surface area contributed by atoms with Gasteiger partial charge in [-0.15, -0.1) is 0 Å². The van der Waals surface area contributed by atoms with Gasteiger partial charge in [0, 0.05) is 5.54 Å². The van der Waals surface area contributed by atoms with Gasteiger partial charge in [-0.1, -0.05) is 6.92 Å². The fourth-order valence-corrected chi connectivity index (χ4v) is 1.15. The average molecular weight is 166 g/mol. The van der Waals surface area contributed by atoms with Gasteiger partial charge in [0.2, 0.25) is 5.91 Å². The molecule has 0 heterocycles. The molecule has 0 aromatic rings. The van der Waals surface area contributed by atoms with Crippen LogP contribution in [0.25, 0.3) is 0 Å². The first-order valence-electron chi connectivity index (χ1n) is 4.35. The summed E-state index contributed by atoms with van der Waals surface area (Å²) in [5.41, 5.74) is 0.0438. The van der Waals surface area contributed by atoms with Crippen LogP contribution in [0.3, 0.4) is 0 Å². The fraction of sp³-hybridized carbons (Fsp3) is 0.778. The number of nitrogens with one attached hydrogen (secondary N) is 1. The third-order valence-corrected chi connectivity index (χ3v) is 2.51. The fourth-order valence-electron chi connectivity index (χ4n) is 1.15. The van der Waals surface area contributed by atoms with E-state index in [-0.39, 0.29) is 11.4 Å². The normalized spacial score (nSPS) is 20.8. The summed E-state index contributed by atoms with van der Waals surface area (Å²) in [6.45, 7) is 3.69. The van der Waals surface area contributed by atoms with Crippen molar-refractivity contribution >= 4 is 5.91 Å². The van der Waals surface area contributed by atoms with E-state index in [0.717, 1.165) is 19.3 Å². The number of nitriles is 1. The van der Waals surface area contributed by atoms with Crippen LogP contribution in [-0.2, 0) is 4.79 Å². The van der Waals surface area contributed by atoms with Gasteiger partial charge < -0.3 is 5.32 Å². The largest absolute Gasteiger partial charge is 0.350 e. The highest BCUT2D eigenvalue weighted by molar-refractivity contribution is 5.81. The maximum Gasteiger partial charge on any atom is 0.237 e. The van der Waals surface area contributed by atoms with Crippen LogP contribution in [-0.4, -0.2) is 11.4 Å². The maximum absolute atomic E-state index is 11.3. The highest BCUT2D eigenvalue weighted by Gasteiger charge is 2.42. The molecule has 0 saturated heterocycles. The summed E-state index contributed by atoms with van der Waals surface area (Å²) < 4.78 is 0. The predicted octanol–water partition coefficient (Wildman–Crippen LogP) is 1.20. The Labute approximate surface area is 72.8 Å². The minimum Gasteiger partial charge on any atom is -0.350 e. The zero-order valence-electron chi connectivity index (χ0n) is 7.55. The molecule has 3 nitrogen and oxygen atoms in total. The Morgan fingerprint density at radius 3 is 2.67 bits per heavy atom. The van der Waals surface area contributed by atoms with E-state index >= 15 is 0 Å². The van der Waals surface area contributed by atoms with Crippen molar-refractivity contribution in [3.63, 3.8) is 0 Å². The predicted molar refractivity (Wildman–Crippen MR) is 45.2 cm³/mol. The van der Waals surface area contributed by atoms with Crippen molar-refractivity contribution < 1.29 is 4.79 Å². The van der Waals surface area contributed by atoms with E-state index in [2.05, 4.69) is 12.2 Å². The summed E-state index contributed by atoms with van der Waals surface area (Å²) in [5.74, 6) is -0.647. The molecule has 66 valence electrons. The molecule has 1 N–H and O–H groups in total. The lowest BCUT2D eigenvalue weighted by Crippen LogP contribution is -2.39. The number of amides is 1. The van der Waals surface area contributed by atoms with Crippen LogP contribution in [0.2, 0.25) is 0 Å². The first-order chi connectivity index (χ1) is 5.63. The van der Waals surface area contributed by atoms with E-state index in [1.165, 1.54) is 0 Å². The molecule has 3 heteroatoms. The second kappa shape index (κ2) is 3.14. The standard InChI is InChI=1S/C9H14N2O/c1-3-9(4-5-9)11-8(12)7(2)6-10/h7H,3-5H2,1-2H3,(H,11,12). The maximum atomic E-state index is 11.3. The molecule has 0 spiro atoms. The molecule has 1 fully saturated rings. The van der Waals surface area contributed by atoms with Crippen LogP contribution in [0.15, 0.2) is 0 Å². The van der Waals surface area contributed by atoms with Crippen LogP contribution in [0.5, 0.6) is 0 Å². The van der Waals surface area contributed by atoms with Gasteiger partial charge in [0.15, 0.2) is 0 Å². The molecule has 1 atom stereocenters. The van der Waals surface area contributed by atoms with Gasteiger partial charge in [-0.2, -0.15) is 5.26 Å². The van der Waals surface area contributed by atoms with Gasteiger partial charge >= 0.3 is 0 Å².